The lowest BCUT2D eigenvalue weighted by Gasteiger charge is -2.14. The number of hydrogen-bond acceptors (Lipinski definition) is 6. The SMILES string of the molecule is COc1cc(NC(=O)CSCCOc2ccccc2C)cc(OC)c1OC. The molecule has 7 heteroatoms. The molecule has 0 radical (unpaired) electrons. The first-order chi connectivity index (χ1) is 13.1. The average Bonchev–Trinajstić information content (AvgIpc) is 2.68. The number of benzene rings is 2. The molecule has 1 amide bonds. The monoisotopic (exact) mass is 391 g/mol. The van der Waals surface area contributed by atoms with Gasteiger partial charge in [-0.05, 0) is 18.6 Å². The van der Waals surface area contributed by atoms with Crippen LogP contribution in [0, 0.1) is 6.92 Å². The van der Waals surface area contributed by atoms with Gasteiger partial charge in [0.15, 0.2) is 11.5 Å². The summed E-state index contributed by atoms with van der Waals surface area (Å²) in [6.07, 6.45) is 0. The van der Waals surface area contributed by atoms with Crippen molar-refractivity contribution in [3.63, 3.8) is 0 Å². The second-order valence-electron chi connectivity index (χ2n) is 5.63. The van der Waals surface area contributed by atoms with Crippen LogP contribution in [0.1, 0.15) is 5.56 Å². The van der Waals surface area contributed by atoms with Crippen molar-refractivity contribution in [2.75, 3.05) is 44.8 Å². The fourth-order valence-corrected chi connectivity index (χ4v) is 3.05. The highest BCUT2D eigenvalue weighted by Gasteiger charge is 2.14. The molecule has 0 fully saturated rings. The van der Waals surface area contributed by atoms with Crippen LogP contribution in [0.3, 0.4) is 0 Å². The lowest BCUT2D eigenvalue weighted by molar-refractivity contribution is -0.113. The van der Waals surface area contributed by atoms with Crippen LogP contribution in [0.25, 0.3) is 0 Å². The molecule has 2 rings (SSSR count). The fraction of sp³-hybridized carbons (Fsp3) is 0.350. The summed E-state index contributed by atoms with van der Waals surface area (Å²) in [5, 5.41) is 2.84. The fourth-order valence-electron chi connectivity index (χ4n) is 2.44. The normalized spacial score (nSPS) is 10.2. The van der Waals surface area contributed by atoms with E-state index in [2.05, 4.69) is 5.32 Å². The van der Waals surface area contributed by atoms with Gasteiger partial charge in [0.25, 0.3) is 0 Å². The molecular formula is C20H25NO5S. The molecule has 0 aliphatic carbocycles. The molecule has 0 saturated carbocycles. The van der Waals surface area contributed by atoms with Crippen molar-refractivity contribution in [3.05, 3.63) is 42.0 Å². The van der Waals surface area contributed by atoms with Crippen LogP contribution < -0.4 is 24.3 Å². The van der Waals surface area contributed by atoms with Crippen LogP contribution in [0.4, 0.5) is 5.69 Å². The lowest BCUT2D eigenvalue weighted by atomic mass is 10.2. The van der Waals surface area contributed by atoms with Gasteiger partial charge >= 0.3 is 0 Å². The zero-order valence-corrected chi connectivity index (χ0v) is 16.9. The van der Waals surface area contributed by atoms with E-state index in [1.165, 1.54) is 33.1 Å². The number of methoxy groups -OCH3 is 3. The number of amides is 1. The molecule has 0 bridgehead atoms. The minimum atomic E-state index is -0.106. The van der Waals surface area contributed by atoms with Gasteiger partial charge in [0, 0.05) is 23.6 Å². The maximum Gasteiger partial charge on any atom is 0.234 e. The minimum Gasteiger partial charge on any atom is -0.493 e. The van der Waals surface area contributed by atoms with Gasteiger partial charge in [-0.15, -0.1) is 11.8 Å². The Balaban J connectivity index is 1.81. The Morgan fingerprint density at radius 3 is 2.26 bits per heavy atom. The lowest BCUT2D eigenvalue weighted by Crippen LogP contribution is -2.15. The standard InChI is InChI=1S/C20H25NO5S/c1-14-7-5-6-8-16(14)26-9-10-27-13-19(22)21-15-11-17(23-2)20(25-4)18(12-15)24-3/h5-8,11-12H,9-10,13H2,1-4H3,(H,21,22). The summed E-state index contributed by atoms with van der Waals surface area (Å²) in [5.74, 6) is 3.29. The summed E-state index contributed by atoms with van der Waals surface area (Å²) in [7, 11) is 4.61. The quantitative estimate of drug-likeness (QED) is 0.622. The van der Waals surface area contributed by atoms with E-state index in [0.717, 1.165) is 17.1 Å². The molecule has 0 atom stereocenters. The predicted octanol–water partition coefficient (Wildman–Crippen LogP) is 3.77. The third kappa shape index (κ3) is 5.99. The molecule has 2 aromatic carbocycles. The van der Waals surface area contributed by atoms with E-state index in [1.807, 2.05) is 31.2 Å². The van der Waals surface area contributed by atoms with Crippen LogP contribution in [-0.2, 0) is 4.79 Å². The van der Waals surface area contributed by atoms with E-state index in [4.69, 9.17) is 18.9 Å². The summed E-state index contributed by atoms with van der Waals surface area (Å²) >= 11 is 1.51. The second kappa shape index (κ2) is 10.6. The Morgan fingerprint density at radius 1 is 1.00 bits per heavy atom. The average molecular weight is 391 g/mol. The number of hydrogen-bond donors (Lipinski definition) is 1. The van der Waals surface area contributed by atoms with Gasteiger partial charge in [0.2, 0.25) is 11.7 Å². The van der Waals surface area contributed by atoms with Crippen molar-refractivity contribution < 1.29 is 23.7 Å². The molecule has 0 aliphatic heterocycles. The van der Waals surface area contributed by atoms with Gasteiger partial charge < -0.3 is 24.3 Å². The Bertz CT molecular complexity index is 741. The molecule has 6 nitrogen and oxygen atoms in total. The molecule has 27 heavy (non-hydrogen) atoms. The maximum absolute atomic E-state index is 12.2. The highest BCUT2D eigenvalue weighted by Crippen LogP contribution is 2.39. The van der Waals surface area contributed by atoms with Crippen molar-refractivity contribution in [2.45, 2.75) is 6.92 Å². The van der Waals surface area contributed by atoms with Gasteiger partial charge in [0.1, 0.15) is 5.75 Å². The molecule has 0 aromatic heterocycles. The molecule has 0 saturated heterocycles. The number of ether oxygens (including phenoxy) is 4. The number of para-hydroxylation sites is 1. The van der Waals surface area contributed by atoms with Crippen LogP contribution in [0.2, 0.25) is 0 Å². The first-order valence-corrected chi connectivity index (χ1v) is 9.60. The van der Waals surface area contributed by atoms with Crippen LogP contribution in [0.15, 0.2) is 36.4 Å². The third-order valence-electron chi connectivity index (χ3n) is 3.76. The molecular weight excluding hydrogens is 366 g/mol. The topological polar surface area (TPSA) is 66.0 Å². The molecule has 146 valence electrons. The number of nitrogens with one attached hydrogen (secondary N) is 1. The van der Waals surface area contributed by atoms with Gasteiger partial charge in [-0.2, -0.15) is 0 Å². The first-order valence-electron chi connectivity index (χ1n) is 8.45. The molecule has 0 unspecified atom stereocenters. The molecule has 1 N–H and O–H groups in total. The summed E-state index contributed by atoms with van der Waals surface area (Å²) < 4.78 is 21.6. The highest BCUT2D eigenvalue weighted by molar-refractivity contribution is 7.99. The van der Waals surface area contributed by atoms with Crippen molar-refractivity contribution >= 4 is 23.4 Å². The van der Waals surface area contributed by atoms with Crippen LogP contribution in [-0.4, -0.2) is 45.3 Å². The van der Waals surface area contributed by atoms with Crippen molar-refractivity contribution in [3.8, 4) is 23.0 Å². The summed E-state index contributed by atoms with van der Waals surface area (Å²) in [6, 6.07) is 11.3. The van der Waals surface area contributed by atoms with Gasteiger partial charge in [-0.1, -0.05) is 18.2 Å². The number of rotatable bonds is 10. The van der Waals surface area contributed by atoms with Crippen molar-refractivity contribution in [1.29, 1.82) is 0 Å². The van der Waals surface area contributed by atoms with Crippen molar-refractivity contribution in [1.82, 2.24) is 0 Å². The summed E-state index contributed by atoms with van der Waals surface area (Å²) in [5.41, 5.74) is 1.69. The Kier molecular flexibility index (Phi) is 8.13. The summed E-state index contributed by atoms with van der Waals surface area (Å²) in [6.45, 7) is 2.56. The third-order valence-corrected chi connectivity index (χ3v) is 4.68. The van der Waals surface area contributed by atoms with E-state index in [0.29, 0.717) is 35.3 Å². The Labute approximate surface area is 164 Å². The summed E-state index contributed by atoms with van der Waals surface area (Å²) in [4.78, 5) is 12.2. The minimum absolute atomic E-state index is 0.106. The molecule has 0 heterocycles. The predicted molar refractivity (Wildman–Crippen MR) is 109 cm³/mol. The number of thioether (sulfide) groups is 1. The van der Waals surface area contributed by atoms with Gasteiger partial charge in [-0.3, -0.25) is 4.79 Å². The van der Waals surface area contributed by atoms with E-state index >= 15 is 0 Å². The largest absolute Gasteiger partial charge is 0.493 e. The maximum atomic E-state index is 12.2. The van der Waals surface area contributed by atoms with E-state index in [-0.39, 0.29) is 5.91 Å². The zero-order valence-electron chi connectivity index (χ0n) is 16.0. The van der Waals surface area contributed by atoms with Crippen LogP contribution in [0.5, 0.6) is 23.0 Å². The molecule has 0 aliphatic rings. The van der Waals surface area contributed by atoms with E-state index in [9.17, 15) is 4.79 Å². The first kappa shape index (κ1) is 20.8. The number of carbonyl (C=O) groups excluding carboxylic acids is 1. The molecule has 0 spiro atoms. The highest BCUT2D eigenvalue weighted by atomic mass is 32.2. The molecule has 2 aromatic rings. The van der Waals surface area contributed by atoms with Gasteiger partial charge in [-0.25, -0.2) is 0 Å². The zero-order chi connectivity index (χ0) is 19.6. The Hall–Kier alpha value is -2.54. The van der Waals surface area contributed by atoms with E-state index < -0.39 is 0 Å². The number of anilines is 1. The van der Waals surface area contributed by atoms with E-state index in [1.54, 1.807) is 12.1 Å². The second-order valence-corrected chi connectivity index (χ2v) is 6.73. The van der Waals surface area contributed by atoms with Crippen molar-refractivity contribution in [2.24, 2.45) is 0 Å². The van der Waals surface area contributed by atoms with Crippen LogP contribution >= 0.6 is 11.8 Å². The van der Waals surface area contributed by atoms with Gasteiger partial charge in [0.05, 0.1) is 33.7 Å². The number of carbonyl (C=O) groups is 1. The smallest absolute Gasteiger partial charge is 0.234 e. The number of aryl methyl sites for hydroxylation is 1. The Morgan fingerprint density at radius 2 is 1.67 bits per heavy atom.